The average Bonchev–Trinajstić information content (AvgIpc) is 3.05. The Hall–Kier alpha value is -2.37. The molecule has 2 aromatic heterocycles. The number of aryl methyl sites for hydroxylation is 1. The fourth-order valence-electron chi connectivity index (χ4n) is 2.00. The average molecular weight is 318 g/mol. The maximum atomic E-state index is 12.3. The second kappa shape index (κ2) is 4.87. The van der Waals surface area contributed by atoms with E-state index in [0.717, 1.165) is 0 Å². The zero-order valence-corrected chi connectivity index (χ0v) is 12.5. The second-order valence-corrected chi connectivity index (χ2v) is 7.04. The molecule has 106 valence electrons. The molecule has 0 fully saturated rings. The highest BCUT2D eigenvalue weighted by atomic mass is 32.2. The number of nitrogens with zero attached hydrogens (tertiary/aromatic N) is 2. The van der Waals surface area contributed by atoms with Gasteiger partial charge in [-0.3, -0.25) is 4.72 Å². The number of para-hydroxylation sites is 1. The number of rotatable bonds is 3. The summed E-state index contributed by atoms with van der Waals surface area (Å²) in [6.07, 6.45) is 1.55. The lowest BCUT2D eigenvalue weighted by molar-refractivity contribution is 0.598. The van der Waals surface area contributed by atoms with E-state index in [1.54, 1.807) is 31.3 Å². The molecule has 0 aliphatic heterocycles. The van der Waals surface area contributed by atoms with Crippen LogP contribution in [0.5, 0.6) is 0 Å². The standard InChI is InChI=1S/C13H10N4O2S2/c1-8-16-12(7-20-8)21(18,19)17-11-4-2-3-10-9(5-14)6-15-13(10)11/h2-4,6-7,15,17H,1H3. The Morgan fingerprint density at radius 3 is 2.90 bits per heavy atom. The number of nitriles is 1. The number of fused-ring (bicyclic) bond motifs is 1. The maximum absolute atomic E-state index is 12.3. The van der Waals surface area contributed by atoms with Crippen LogP contribution in [0, 0.1) is 18.3 Å². The van der Waals surface area contributed by atoms with Gasteiger partial charge in [0, 0.05) is 17.0 Å². The van der Waals surface area contributed by atoms with Gasteiger partial charge in [-0.1, -0.05) is 12.1 Å². The highest BCUT2D eigenvalue weighted by molar-refractivity contribution is 7.92. The van der Waals surface area contributed by atoms with Crippen LogP contribution in [0.25, 0.3) is 10.9 Å². The summed E-state index contributed by atoms with van der Waals surface area (Å²) in [6, 6.07) is 7.15. The molecule has 6 nitrogen and oxygen atoms in total. The molecule has 2 heterocycles. The van der Waals surface area contributed by atoms with Crippen molar-refractivity contribution in [3.63, 3.8) is 0 Å². The third-order valence-electron chi connectivity index (χ3n) is 2.95. The Kier molecular flexibility index (Phi) is 3.16. The third-order valence-corrected chi connectivity index (χ3v) is 5.12. The summed E-state index contributed by atoms with van der Waals surface area (Å²) >= 11 is 1.27. The number of hydrogen-bond acceptors (Lipinski definition) is 5. The Morgan fingerprint density at radius 2 is 2.24 bits per heavy atom. The highest BCUT2D eigenvalue weighted by Gasteiger charge is 2.19. The summed E-state index contributed by atoms with van der Waals surface area (Å²) in [7, 11) is -3.74. The van der Waals surface area contributed by atoms with Crippen LogP contribution >= 0.6 is 11.3 Å². The van der Waals surface area contributed by atoms with Crippen molar-refractivity contribution in [1.82, 2.24) is 9.97 Å². The van der Waals surface area contributed by atoms with Gasteiger partial charge >= 0.3 is 0 Å². The number of nitrogens with one attached hydrogen (secondary N) is 2. The number of benzene rings is 1. The number of sulfonamides is 1. The Balaban J connectivity index is 2.06. The molecular weight excluding hydrogens is 308 g/mol. The number of H-pyrrole nitrogens is 1. The molecule has 0 aliphatic rings. The molecule has 2 N–H and O–H groups in total. The van der Waals surface area contributed by atoms with E-state index in [1.165, 1.54) is 16.7 Å². The minimum Gasteiger partial charge on any atom is -0.358 e. The molecule has 0 aliphatic carbocycles. The summed E-state index contributed by atoms with van der Waals surface area (Å²) in [4.78, 5) is 6.91. The molecule has 0 saturated heterocycles. The summed E-state index contributed by atoms with van der Waals surface area (Å²) in [5.74, 6) is 0. The predicted molar refractivity (Wildman–Crippen MR) is 80.7 cm³/mol. The van der Waals surface area contributed by atoms with Crippen LogP contribution < -0.4 is 4.72 Å². The molecule has 0 atom stereocenters. The first-order valence-corrected chi connectivity index (χ1v) is 8.33. The van der Waals surface area contributed by atoms with Crippen LogP contribution in [0.2, 0.25) is 0 Å². The molecule has 21 heavy (non-hydrogen) atoms. The van der Waals surface area contributed by atoms with E-state index in [-0.39, 0.29) is 5.03 Å². The highest BCUT2D eigenvalue weighted by Crippen LogP contribution is 2.27. The number of aromatic amines is 1. The lowest BCUT2D eigenvalue weighted by Crippen LogP contribution is -2.13. The Labute approximate surface area is 125 Å². The van der Waals surface area contributed by atoms with Crippen LogP contribution in [-0.2, 0) is 10.0 Å². The van der Waals surface area contributed by atoms with Gasteiger partial charge in [-0.05, 0) is 13.0 Å². The van der Waals surface area contributed by atoms with E-state index >= 15 is 0 Å². The SMILES string of the molecule is Cc1nc(S(=O)(=O)Nc2cccc3c(C#N)c[nH]c23)cs1. The minimum absolute atomic E-state index is 0.00549. The lowest BCUT2D eigenvalue weighted by atomic mass is 10.2. The number of hydrogen-bond donors (Lipinski definition) is 2. The number of thiazole rings is 1. The minimum atomic E-state index is -3.74. The lowest BCUT2D eigenvalue weighted by Gasteiger charge is -2.07. The maximum Gasteiger partial charge on any atom is 0.280 e. The van der Waals surface area contributed by atoms with Crippen LogP contribution in [0.15, 0.2) is 34.8 Å². The van der Waals surface area contributed by atoms with Gasteiger partial charge in [0.1, 0.15) is 6.07 Å². The molecule has 0 unspecified atom stereocenters. The van der Waals surface area contributed by atoms with Gasteiger partial charge in [-0.2, -0.15) is 13.7 Å². The molecule has 1 aromatic carbocycles. The van der Waals surface area contributed by atoms with Crippen LogP contribution in [0.4, 0.5) is 5.69 Å². The van der Waals surface area contributed by atoms with Crippen LogP contribution in [0.1, 0.15) is 10.6 Å². The van der Waals surface area contributed by atoms with Crippen molar-refractivity contribution in [3.05, 3.63) is 40.3 Å². The fourth-order valence-corrected chi connectivity index (χ4v) is 4.00. The molecule has 8 heteroatoms. The van der Waals surface area contributed by atoms with Gasteiger partial charge in [0.25, 0.3) is 10.0 Å². The van der Waals surface area contributed by atoms with Gasteiger partial charge in [0.2, 0.25) is 0 Å². The molecule has 3 aromatic rings. The zero-order chi connectivity index (χ0) is 15.0. The van der Waals surface area contributed by atoms with Crippen molar-refractivity contribution in [2.24, 2.45) is 0 Å². The third kappa shape index (κ3) is 2.37. The van der Waals surface area contributed by atoms with E-state index in [0.29, 0.717) is 27.2 Å². The van der Waals surface area contributed by atoms with Crippen molar-refractivity contribution in [2.75, 3.05) is 4.72 Å². The molecule has 0 spiro atoms. The van der Waals surface area contributed by atoms with E-state index in [4.69, 9.17) is 5.26 Å². The summed E-state index contributed by atoms with van der Waals surface area (Å²) in [5.41, 5.74) is 1.43. The van der Waals surface area contributed by atoms with E-state index in [9.17, 15) is 8.42 Å². The first-order valence-electron chi connectivity index (χ1n) is 5.96. The van der Waals surface area contributed by atoms with Crippen molar-refractivity contribution in [1.29, 1.82) is 5.26 Å². The van der Waals surface area contributed by atoms with E-state index in [2.05, 4.69) is 20.8 Å². The normalized spacial score (nSPS) is 11.4. The molecule has 0 bridgehead atoms. The van der Waals surface area contributed by atoms with Crippen molar-refractivity contribution in [2.45, 2.75) is 11.9 Å². The molecular formula is C13H10N4O2S2. The molecule has 0 amide bonds. The van der Waals surface area contributed by atoms with Crippen molar-refractivity contribution in [3.8, 4) is 6.07 Å². The smallest absolute Gasteiger partial charge is 0.280 e. The topological polar surface area (TPSA) is 98.6 Å². The monoisotopic (exact) mass is 318 g/mol. The Bertz CT molecular complexity index is 964. The van der Waals surface area contributed by atoms with Gasteiger partial charge in [0.05, 0.1) is 21.8 Å². The number of anilines is 1. The summed E-state index contributed by atoms with van der Waals surface area (Å²) in [5, 5.41) is 11.9. The van der Waals surface area contributed by atoms with E-state index < -0.39 is 10.0 Å². The second-order valence-electron chi connectivity index (χ2n) is 4.35. The van der Waals surface area contributed by atoms with Gasteiger partial charge < -0.3 is 4.98 Å². The molecule has 0 radical (unpaired) electrons. The fraction of sp³-hybridized carbons (Fsp3) is 0.0769. The molecule has 3 rings (SSSR count). The Morgan fingerprint density at radius 1 is 1.43 bits per heavy atom. The van der Waals surface area contributed by atoms with Gasteiger partial charge in [0.15, 0.2) is 5.03 Å². The first-order chi connectivity index (χ1) is 10.0. The number of aromatic nitrogens is 2. The predicted octanol–water partition coefficient (Wildman–Crippen LogP) is 2.61. The van der Waals surface area contributed by atoms with Crippen LogP contribution in [-0.4, -0.2) is 18.4 Å². The largest absolute Gasteiger partial charge is 0.358 e. The van der Waals surface area contributed by atoms with Crippen molar-refractivity contribution < 1.29 is 8.42 Å². The van der Waals surface area contributed by atoms with E-state index in [1.807, 2.05) is 0 Å². The zero-order valence-electron chi connectivity index (χ0n) is 10.9. The quantitative estimate of drug-likeness (QED) is 0.775. The summed E-state index contributed by atoms with van der Waals surface area (Å²) < 4.78 is 27.1. The first kappa shape index (κ1) is 13.6. The van der Waals surface area contributed by atoms with Crippen LogP contribution in [0.3, 0.4) is 0 Å². The van der Waals surface area contributed by atoms with Crippen molar-refractivity contribution >= 4 is 38.0 Å². The molecule has 0 saturated carbocycles. The summed E-state index contributed by atoms with van der Waals surface area (Å²) in [6.45, 7) is 1.74. The van der Waals surface area contributed by atoms with Gasteiger partial charge in [-0.25, -0.2) is 4.98 Å². The van der Waals surface area contributed by atoms with Gasteiger partial charge in [-0.15, -0.1) is 11.3 Å².